The van der Waals surface area contributed by atoms with Crippen molar-refractivity contribution in [2.45, 2.75) is 0 Å². The zero-order valence-electron chi connectivity index (χ0n) is 13.6. The van der Waals surface area contributed by atoms with Crippen molar-refractivity contribution in [3.05, 3.63) is 84.6 Å². The highest BCUT2D eigenvalue weighted by atomic mass is 19.1. The first kappa shape index (κ1) is 14.9. The summed E-state index contributed by atoms with van der Waals surface area (Å²) in [5, 5.41) is 4.13. The molecule has 0 amide bonds. The van der Waals surface area contributed by atoms with Gasteiger partial charge >= 0.3 is 0 Å². The van der Waals surface area contributed by atoms with E-state index in [2.05, 4.69) is 16.0 Å². The third-order valence-corrected chi connectivity index (χ3v) is 4.63. The van der Waals surface area contributed by atoms with Crippen molar-refractivity contribution in [3.63, 3.8) is 0 Å². The van der Waals surface area contributed by atoms with Gasteiger partial charge in [0.25, 0.3) is 0 Å². The first-order chi connectivity index (χ1) is 12.7. The highest BCUT2D eigenvalue weighted by molar-refractivity contribution is 6.23. The van der Waals surface area contributed by atoms with Crippen LogP contribution in [0.2, 0.25) is 0 Å². The Labute approximate surface area is 147 Å². The van der Waals surface area contributed by atoms with E-state index in [9.17, 15) is 8.78 Å². The van der Waals surface area contributed by atoms with E-state index in [-0.39, 0.29) is 5.56 Å². The lowest BCUT2D eigenvalue weighted by Gasteiger charge is -2.10. The van der Waals surface area contributed by atoms with Crippen LogP contribution in [0.25, 0.3) is 43.8 Å². The SMILES string of the molecule is Fc1ccc(-c2cnc3c4ccccc4c4ccccc4c3n2)c(F)c1. The van der Waals surface area contributed by atoms with Crippen LogP contribution < -0.4 is 0 Å². The number of fused-ring (bicyclic) bond motifs is 6. The lowest BCUT2D eigenvalue weighted by molar-refractivity contribution is 0.585. The van der Waals surface area contributed by atoms with Crippen LogP contribution >= 0.6 is 0 Å². The summed E-state index contributed by atoms with van der Waals surface area (Å²) in [4.78, 5) is 9.27. The van der Waals surface area contributed by atoms with E-state index in [0.29, 0.717) is 11.2 Å². The number of hydrogen-bond donors (Lipinski definition) is 0. The maximum atomic E-state index is 14.2. The summed E-state index contributed by atoms with van der Waals surface area (Å²) in [6, 6.07) is 19.5. The molecule has 124 valence electrons. The molecule has 5 rings (SSSR count). The lowest BCUT2D eigenvalue weighted by atomic mass is 9.99. The van der Waals surface area contributed by atoms with E-state index in [1.165, 1.54) is 12.1 Å². The summed E-state index contributed by atoms with van der Waals surface area (Å²) in [7, 11) is 0. The average Bonchev–Trinajstić information content (AvgIpc) is 2.68. The van der Waals surface area contributed by atoms with Crippen LogP contribution in [0.1, 0.15) is 0 Å². The van der Waals surface area contributed by atoms with Crippen molar-refractivity contribution >= 4 is 32.6 Å². The fraction of sp³-hybridized carbons (Fsp3) is 0. The van der Waals surface area contributed by atoms with Crippen molar-refractivity contribution in [2.75, 3.05) is 0 Å². The van der Waals surface area contributed by atoms with Crippen LogP contribution in [0.15, 0.2) is 72.9 Å². The molecule has 0 aliphatic heterocycles. The number of aromatic nitrogens is 2. The molecule has 4 heteroatoms. The van der Waals surface area contributed by atoms with Crippen molar-refractivity contribution in [1.29, 1.82) is 0 Å². The second-order valence-corrected chi connectivity index (χ2v) is 6.17. The molecule has 0 saturated carbocycles. The lowest BCUT2D eigenvalue weighted by Crippen LogP contribution is -1.94. The molecule has 0 aliphatic carbocycles. The Morgan fingerprint density at radius 2 is 1.27 bits per heavy atom. The first-order valence-electron chi connectivity index (χ1n) is 8.24. The molecule has 1 aromatic heterocycles. The van der Waals surface area contributed by atoms with Crippen molar-refractivity contribution in [1.82, 2.24) is 9.97 Å². The molecule has 26 heavy (non-hydrogen) atoms. The van der Waals surface area contributed by atoms with E-state index >= 15 is 0 Å². The average molecular weight is 342 g/mol. The van der Waals surface area contributed by atoms with Gasteiger partial charge in [0, 0.05) is 22.4 Å². The minimum absolute atomic E-state index is 0.234. The van der Waals surface area contributed by atoms with E-state index in [1.807, 2.05) is 42.5 Å². The monoisotopic (exact) mass is 342 g/mol. The molecule has 2 nitrogen and oxygen atoms in total. The Morgan fingerprint density at radius 3 is 1.92 bits per heavy atom. The molecule has 0 atom stereocenters. The van der Waals surface area contributed by atoms with E-state index in [0.717, 1.165) is 33.1 Å². The highest BCUT2D eigenvalue weighted by Gasteiger charge is 2.13. The number of nitrogens with zero attached hydrogens (tertiary/aromatic N) is 2. The topological polar surface area (TPSA) is 25.8 Å². The Hall–Kier alpha value is -3.40. The molecule has 0 radical (unpaired) electrons. The van der Waals surface area contributed by atoms with Crippen LogP contribution in [0.3, 0.4) is 0 Å². The molecule has 0 fully saturated rings. The smallest absolute Gasteiger partial charge is 0.135 e. The van der Waals surface area contributed by atoms with Crippen LogP contribution in [-0.2, 0) is 0 Å². The maximum absolute atomic E-state index is 14.2. The van der Waals surface area contributed by atoms with Crippen LogP contribution in [0, 0.1) is 11.6 Å². The molecule has 0 spiro atoms. The number of hydrogen-bond acceptors (Lipinski definition) is 2. The Morgan fingerprint density at radius 1 is 0.654 bits per heavy atom. The van der Waals surface area contributed by atoms with Gasteiger partial charge in [-0.25, -0.2) is 13.8 Å². The molecule has 0 aliphatic rings. The molecular weight excluding hydrogens is 330 g/mol. The molecule has 1 heterocycles. The van der Waals surface area contributed by atoms with E-state index in [4.69, 9.17) is 0 Å². The number of benzene rings is 4. The predicted molar refractivity (Wildman–Crippen MR) is 99.9 cm³/mol. The predicted octanol–water partition coefficient (Wildman–Crippen LogP) is 5.88. The van der Waals surface area contributed by atoms with Gasteiger partial charge in [-0.3, -0.25) is 4.98 Å². The molecule has 0 saturated heterocycles. The minimum atomic E-state index is -0.649. The molecule has 5 aromatic rings. The highest BCUT2D eigenvalue weighted by Crippen LogP contribution is 2.34. The second kappa shape index (κ2) is 5.56. The van der Waals surface area contributed by atoms with Gasteiger partial charge in [-0.2, -0.15) is 0 Å². The van der Waals surface area contributed by atoms with Crippen LogP contribution in [0.5, 0.6) is 0 Å². The largest absolute Gasteiger partial charge is 0.252 e. The third kappa shape index (κ3) is 2.15. The number of halogens is 2. The van der Waals surface area contributed by atoms with Gasteiger partial charge in [-0.05, 0) is 22.9 Å². The fourth-order valence-electron chi connectivity index (χ4n) is 3.45. The normalized spacial score (nSPS) is 11.5. The molecule has 0 bridgehead atoms. The summed E-state index contributed by atoms with van der Waals surface area (Å²) in [6.45, 7) is 0. The van der Waals surface area contributed by atoms with Crippen molar-refractivity contribution < 1.29 is 8.78 Å². The van der Waals surface area contributed by atoms with E-state index < -0.39 is 11.6 Å². The first-order valence-corrected chi connectivity index (χ1v) is 8.24. The van der Waals surface area contributed by atoms with Gasteiger partial charge in [-0.15, -0.1) is 0 Å². The summed E-state index contributed by atoms with van der Waals surface area (Å²) in [5.41, 5.74) is 2.10. The Bertz CT molecular complexity index is 1280. The minimum Gasteiger partial charge on any atom is -0.252 e. The van der Waals surface area contributed by atoms with E-state index in [1.54, 1.807) is 6.20 Å². The van der Waals surface area contributed by atoms with Crippen molar-refractivity contribution in [2.24, 2.45) is 0 Å². The standard InChI is InChI=1S/C22H12F2N2/c23-13-9-10-18(19(24)11-13)20-12-25-21-16-7-3-1-5-14(16)15-6-2-4-8-17(15)22(21)26-20/h1-12H. The Balaban J connectivity index is 1.92. The summed E-state index contributed by atoms with van der Waals surface area (Å²) in [5.74, 6) is -1.26. The molecular formula is C22H12F2N2. The molecule has 0 N–H and O–H groups in total. The number of rotatable bonds is 1. The maximum Gasteiger partial charge on any atom is 0.135 e. The third-order valence-electron chi connectivity index (χ3n) is 4.63. The quantitative estimate of drug-likeness (QED) is 0.355. The van der Waals surface area contributed by atoms with Gasteiger partial charge in [0.2, 0.25) is 0 Å². The summed E-state index contributed by atoms with van der Waals surface area (Å²) >= 11 is 0. The van der Waals surface area contributed by atoms with Gasteiger partial charge in [0.1, 0.15) is 11.6 Å². The molecule has 0 unspecified atom stereocenters. The van der Waals surface area contributed by atoms with Gasteiger partial charge in [0.15, 0.2) is 0 Å². The summed E-state index contributed by atoms with van der Waals surface area (Å²) < 4.78 is 27.4. The van der Waals surface area contributed by atoms with Gasteiger partial charge < -0.3 is 0 Å². The van der Waals surface area contributed by atoms with Crippen LogP contribution in [0.4, 0.5) is 8.78 Å². The fourth-order valence-corrected chi connectivity index (χ4v) is 3.45. The van der Waals surface area contributed by atoms with Gasteiger partial charge in [0.05, 0.1) is 22.9 Å². The summed E-state index contributed by atoms with van der Waals surface area (Å²) in [6.07, 6.45) is 1.54. The zero-order valence-corrected chi connectivity index (χ0v) is 13.6. The van der Waals surface area contributed by atoms with Crippen molar-refractivity contribution in [3.8, 4) is 11.3 Å². The van der Waals surface area contributed by atoms with Gasteiger partial charge in [-0.1, -0.05) is 48.5 Å². The zero-order chi connectivity index (χ0) is 17.7. The second-order valence-electron chi connectivity index (χ2n) is 6.17. The molecule has 4 aromatic carbocycles. The Kier molecular flexibility index (Phi) is 3.19. The van der Waals surface area contributed by atoms with Crippen LogP contribution in [-0.4, -0.2) is 9.97 Å².